The van der Waals surface area contributed by atoms with Gasteiger partial charge in [0.2, 0.25) is 17.7 Å². The van der Waals surface area contributed by atoms with E-state index in [1.165, 1.54) is 0 Å². The molecule has 3 rings (SSSR count). The number of carbonyl (C=O) groups excluding carboxylic acids is 1. The number of hydrogen-bond donors (Lipinski definition) is 4. The van der Waals surface area contributed by atoms with Crippen LogP contribution in [-0.2, 0) is 9.53 Å². The molecule has 0 radical (unpaired) electrons. The van der Waals surface area contributed by atoms with Gasteiger partial charge in [0.25, 0.3) is 0 Å². The molecule has 38 heavy (non-hydrogen) atoms. The van der Waals surface area contributed by atoms with Gasteiger partial charge in [-0.05, 0) is 63.1 Å². The molecule has 9 heteroatoms. The first-order valence-electron chi connectivity index (χ1n) is 13.5. The molecule has 4 N–H and O–H groups in total. The van der Waals surface area contributed by atoms with E-state index in [9.17, 15) is 4.79 Å². The Morgan fingerprint density at radius 1 is 1.16 bits per heavy atom. The Bertz CT molecular complexity index is 1170. The number of amides is 1. The quantitative estimate of drug-likeness (QED) is 0.292. The summed E-state index contributed by atoms with van der Waals surface area (Å²) in [6.07, 6.45) is 10.5. The van der Waals surface area contributed by atoms with E-state index in [2.05, 4.69) is 10.3 Å². The summed E-state index contributed by atoms with van der Waals surface area (Å²) >= 11 is 0. The van der Waals surface area contributed by atoms with Gasteiger partial charge in [-0.3, -0.25) is 20.6 Å². The number of nitrogens with one attached hydrogen (secondary N) is 4. The first kappa shape index (κ1) is 29.1. The van der Waals surface area contributed by atoms with Gasteiger partial charge in [-0.15, -0.1) is 0 Å². The number of rotatable bonds is 8. The topological polar surface area (TPSA) is 139 Å². The molecule has 2 heterocycles. The lowest BCUT2D eigenvalue weighted by Crippen LogP contribution is -2.40. The van der Waals surface area contributed by atoms with Gasteiger partial charge in [-0.2, -0.15) is 0 Å². The van der Waals surface area contributed by atoms with E-state index in [0.717, 1.165) is 49.2 Å². The summed E-state index contributed by atoms with van der Waals surface area (Å²) in [5, 5.41) is 28.8. The molecule has 1 unspecified atom stereocenters. The van der Waals surface area contributed by atoms with Crippen molar-refractivity contribution < 1.29 is 9.53 Å². The zero-order valence-corrected chi connectivity index (χ0v) is 23.3. The van der Waals surface area contributed by atoms with E-state index in [1.54, 1.807) is 20.0 Å². The highest BCUT2D eigenvalue weighted by Crippen LogP contribution is 2.32. The van der Waals surface area contributed by atoms with Crippen LogP contribution in [0.4, 0.5) is 0 Å². The second kappa shape index (κ2) is 13.4. The summed E-state index contributed by atoms with van der Waals surface area (Å²) in [5.41, 5.74) is 4.09. The molecule has 1 aromatic rings. The van der Waals surface area contributed by atoms with Crippen LogP contribution in [0.1, 0.15) is 70.5 Å². The molecule has 204 valence electrons. The maximum Gasteiger partial charge on any atom is 0.241 e. The molecule has 1 aromatic heterocycles. The van der Waals surface area contributed by atoms with Crippen LogP contribution in [0, 0.1) is 35.0 Å². The average molecular weight is 520 g/mol. The van der Waals surface area contributed by atoms with Crippen LogP contribution in [-0.4, -0.2) is 64.5 Å². The summed E-state index contributed by atoms with van der Waals surface area (Å²) in [7, 11) is 0. The molecule has 1 saturated heterocycles. The highest BCUT2D eigenvalue weighted by Gasteiger charge is 2.30. The first-order chi connectivity index (χ1) is 18.1. The van der Waals surface area contributed by atoms with Gasteiger partial charge in [-0.1, -0.05) is 39.0 Å². The molecule has 9 nitrogen and oxygen atoms in total. The fourth-order valence-corrected chi connectivity index (χ4v) is 4.99. The SMILES string of the molecule is CC/C(=C(/C(C)=N)[C@H](C)C(C)C(=O)N1CCCNCC1)c1cnc(C)c(C(=N)OC(=N)C2=CC=CCC2)n1. The molecule has 0 aromatic carbocycles. The number of hydrogen-bond acceptors (Lipinski definition) is 8. The van der Waals surface area contributed by atoms with Crippen LogP contribution >= 0.6 is 0 Å². The number of aromatic nitrogens is 2. The lowest BCUT2D eigenvalue weighted by Gasteiger charge is -2.29. The van der Waals surface area contributed by atoms with Crippen molar-refractivity contribution in [3.05, 3.63) is 52.7 Å². The smallest absolute Gasteiger partial charge is 0.241 e. The second-order valence-electron chi connectivity index (χ2n) is 9.99. The fraction of sp³-hybridized carbons (Fsp3) is 0.517. The third-order valence-electron chi connectivity index (χ3n) is 7.32. The molecule has 0 spiro atoms. The Labute approximate surface area is 226 Å². The summed E-state index contributed by atoms with van der Waals surface area (Å²) < 4.78 is 5.58. The standard InChI is InChI=1S/C29H41N7O2/c1-6-23(25(20(4)30)18(2)19(3)29(37)36-15-10-13-33-14-16-36)24-17-34-21(5)26(35-24)28(32)38-27(31)22-11-8-7-9-12-22/h7-8,11,17-19,30-33H,6,9-10,12-16H2,1-5H3/b25-23-,30-20?,31-27?,32-28?/t18-,19?/m1/s1. The van der Waals surface area contributed by atoms with Crippen LogP contribution in [0.3, 0.4) is 0 Å². The molecule has 1 fully saturated rings. The van der Waals surface area contributed by atoms with E-state index in [1.807, 2.05) is 43.9 Å². The van der Waals surface area contributed by atoms with Gasteiger partial charge >= 0.3 is 0 Å². The normalized spacial score (nSPS) is 18.0. The number of allylic oxidation sites excluding steroid dienone is 5. The molecular weight excluding hydrogens is 478 g/mol. The predicted molar refractivity (Wildman–Crippen MR) is 152 cm³/mol. The second-order valence-corrected chi connectivity index (χ2v) is 9.99. The maximum absolute atomic E-state index is 13.4. The summed E-state index contributed by atoms with van der Waals surface area (Å²) in [6.45, 7) is 12.6. The largest absolute Gasteiger partial charge is 0.419 e. The van der Waals surface area contributed by atoms with Crippen LogP contribution in [0.5, 0.6) is 0 Å². The summed E-state index contributed by atoms with van der Waals surface area (Å²) in [5.74, 6) is -0.688. The number of aryl methyl sites for hydroxylation is 1. The molecule has 2 aliphatic rings. The molecule has 1 aliphatic heterocycles. The van der Waals surface area contributed by atoms with Crippen molar-refractivity contribution in [1.29, 1.82) is 16.2 Å². The average Bonchev–Trinajstić information content (AvgIpc) is 3.21. The van der Waals surface area contributed by atoms with Gasteiger partial charge in [0, 0.05) is 36.8 Å². The van der Waals surface area contributed by atoms with E-state index >= 15 is 0 Å². The lowest BCUT2D eigenvalue weighted by atomic mass is 9.81. The van der Waals surface area contributed by atoms with Crippen LogP contribution in [0.2, 0.25) is 0 Å². The zero-order chi connectivity index (χ0) is 27.8. The molecular formula is C29H41N7O2. The fourth-order valence-electron chi connectivity index (χ4n) is 4.99. The Kier molecular flexibility index (Phi) is 10.2. The number of ether oxygens (including phenoxy) is 1. The van der Waals surface area contributed by atoms with Gasteiger partial charge in [0.15, 0.2) is 0 Å². The Morgan fingerprint density at radius 3 is 2.58 bits per heavy atom. The minimum absolute atomic E-state index is 0.0575. The van der Waals surface area contributed by atoms with Crippen molar-refractivity contribution in [2.45, 2.75) is 60.3 Å². The predicted octanol–water partition coefficient (Wildman–Crippen LogP) is 4.68. The highest BCUT2D eigenvalue weighted by molar-refractivity contribution is 6.05. The molecule has 0 bridgehead atoms. The molecule has 2 atom stereocenters. The van der Waals surface area contributed by atoms with Crippen molar-refractivity contribution in [1.82, 2.24) is 20.2 Å². The minimum atomic E-state index is -0.303. The number of nitrogens with zero attached hydrogens (tertiary/aromatic N) is 3. The number of carbonyl (C=O) groups is 1. The van der Waals surface area contributed by atoms with Crippen molar-refractivity contribution in [3.63, 3.8) is 0 Å². The molecule has 0 saturated carbocycles. The highest BCUT2D eigenvalue weighted by atomic mass is 16.5. The van der Waals surface area contributed by atoms with Gasteiger partial charge in [0.1, 0.15) is 5.69 Å². The third kappa shape index (κ3) is 6.89. The Hall–Kier alpha value is -3.46. The Balaban J connectivity index is 1.92. The Morgan fingerprint density at radius 2 is 1.92 bits per heavy atom. The van der Waals surface area contributed by atoms with E-state index in [4.69, 9.17) is 25.9 Å². The summed E-state index contributed by atoms with van der Waals surface area (Å²) in [6, 6.07) is 0. The monoisotopic (exact) mass is 519 g/mol. The van der Waals surface area contributed by atoms with Gasteiger partial charge in [0.05, 0.1) is 17.6 Å². The van der Waals surface area contributed by atoms with E-state index in [0.29, 0.717) is 36.5 Å². The van der Waals surface area contributed by atoms with Crippen molar-refractivity contribution in [2.75, 3.05) is 26.2 Å². The first-order valence-corrected chi connectivity index (χ1v) is 13.5. The van der Waals surface area contributed by atoms with E-state index in [-0.39, 0.29) is 35.2 Å². The van der Waals surface area contributed by atoms with Crippen LogP contribution in [0.15, 0.2) is 35.6 Å². The molecule has 1 aliphatic carbocycles. The maximum atomic E-state index is 13.4. The zero-order valence-electron chi connectivity index (χ0n) is 23.3. The van der Waals surface area contributed by atoms with Crippen LogP contribution in [0.25, 0.3) is 5.57 Å². The third-order valence-corrected chi connectivity index (χ3v) is 7.32. The van der Waals surface area contributed by atoms with Crippen molar-refractivity contribution >= 4 is 29.0 Å². The van der Waals surface area contributed by atoms with Crippen LogP contribution < -0.4 is 5.32 Å². The summed E-state index contributed by atoms with van der Waals surface area (Å²) in [4.78, 5) is 24.5. The lowest BCUT2D eigenvalue weighted by molar-refractivity contribution is -0.135. The van der Waals surface area contributed by atoms with E-state index < -0.39 is 0 Å². The van der Waals surface area contributed by atoms with Gasteiger partial charge in [-0.25, -0.2) is 4.98 Å². The van der Waals surface area contributed by atoms with Gasteiger partial charge < -0.3 is 20.4 Å². The van der Waals surface area contributed by atoms with Crippen molar-refractivity contribution in [2.24, 2.45) is 11.8 Å². The molecule has 1 amide bonds. The van der Waals surface area contributed by atoms with Crippen molar-refractivity contribution in [3.8, 4) is 0 Å². The minimum Gasteiger partial charge on any atom is -0.419 e.